The van der Waals surface area contributed by atoms with E-state index in [2.05, 4.69) is 21.2 Å². The zero-order valence-electron chi connectivity index (χ0n) is 11.2. The Morgan fingerprint density at radius 3 is 2.57 bits per heavy atom. The van der Waals surface area contributed by atoms with Gasteiger partial charge in [-0.2, -0.15) is 0 Å². The normalized spacial score (nSPS) is 10.5. The molecule has 0 saturated carbocycles. The predicted molar refractivity (Wildman–Crippen MR) is 81.1 cm³/mol. The second-order valence-corrected chi connectivity index (χ2v) is 5.46. The number of primary amides is 1. The molecule has 110 valence electrons. The van der Waals surface area contributed by atoms with Gasteiger partial charge in [0.15, 0.2) is 0 Å². The molecule has 3 N–H and O–H groups in total. The fraction of sp³-hybridized carbons (Fsp3) is 0.133. The molecule has 0 saturated heterocycles. The SMILES string of the molecule is Cc1cc(C(N)=O)ccc1CNc1cc(F)c(Br)cc1F. The fourth-order valence-corrected chi connectivity index (χ4v) is 2.21. The molecule has 2 aromatic carbocycles. The van der Waals surface area contributed by atoms with Crippen molar-refractivity contribution in [2.24, 2.45) is 5.73 Å². The molecule has 6 heteroatoms. The number of nitrogens with two attached hydrogens (primary N) is 1. The summed E-state index contributed by atoms with van der Waals surface area (Å²) in [5.41, 5.74) is 7.40. The summed E-state index contributed by atoms with van der Waals surface area (Å²) < 4.78 is 27.2. The zero-order valence-corrected chi connectivity index (χ0v) is 12.8. The molecular formula is C15H13BrF2N2O. The number of hydrogen-bond donors (Lipinski definition) is 2. The Bertz CT molecular complexity index is 704. The molecule has 2 rings (SSSR count). The van der Waals surface area contributed by atoms with Crippen LogP contribution in [0.5, 0.6) is 0 Å². The van der Waals surface area contributed by atoms with E-state index in [0.29, 0.717) is 12.1 Å². The quantitative estimate of drug-likeness (QED) is 0.821. The van der Waals surface area contributed by atoms with Crippen molar-refractivity contribution in [1.29, 1.82) is 0 Å². The van der Waals surface area contributed by atoms with E-state index in [1.54, 1.807) is 18.2 Å². The Morgan fingerprint density at radius 1 is 1.24 bits per heavy atom. The van der Waals surface area contributed by atoms with Gasteiger partial charge in [0.25, 0.3) is 0 Å². The molecule has 0 bridgehead atoms. The maximum atomic E-state index is 13.7. The lowest BCUT2D eigenvalue weighted by atomic mass is 10.0. The Balaban J connectivity index is 2.17. The number of nitrogens with one attached hydrogen (secondary N) is 1. The molecule has 0 aliphatic rings. The van der Waals surface area contributed by atoms with E-state index >= 15 is 0 Å². The van der Waals surface area contributed by atoms with E-state index in [4.69, 9.17) is 5.73 Å². The van der Waals surface area contributed by atoms with Crippen LogP contribution in [0.4, 0.5) is 14.5 Å². The average molecular weight is 355 g/mol. The highest BCUT2D eigenvalue weighted by molar-refractivity contribution is 9.10. The van der Waals surface area contributed by atoms with Crippen LogP contribution in [-0.2, 0) is 6.54 Å². The smallest absolute Gasteiger partial charge is 0.248 e. The van der Waals surface area contributed by atoms with Gasteiger partial charge in [-0.1, -0.05) is 6.07 Å². The lowest BCUT2D eigenvalue weighted by Gasteiger charge is -2.11. The van der Waals surface area contributed by atoms with E-state index in [-0.39, 0.29) is 10.2 Å². The van der Waals surface area contributed by atoms with Gasteiger partial charge in [0.1, 0.15) is 11.6 Å². The van der Waals surface area contributed by atoms with Gasteiger partial charge in [-0.3, -0.25) is 4.79 Å². The van der Waals surface area contributed by atoms with Crippen molar-refractivity contribution in [3.63, 3.8) is 0 Å². The number of benzene rings is 2. The van der Waals surface area contributed by atoms with Crippen molar-refractivity contribution >= 4 is 27.5 Å². The minimum Gasteiger partial charge on any atom is -0.379 e. The molecule has 1 amide bonds. The van der Waals surface area contributed by atoms with Crippen LogP contribution in [0.1, 0.15) is 21.5 Å². The summed E-state index contributed by atoms with van der Waals surface area (Å²) in [5, 5.41) is 2.83. The third-order valence-corrected chi connectivity index (χ3v) is 3.71. The first-order valence-electron chi connectivity index (χ1n) is 6.16. The topological polar surface area (TPSA) is 55.1 Å². The summed E-state index contributed by atoms with van der Waals surface area (Å²) in [6.45, 7) is 2.13. The van der Waals surface area contributed by atoms with Crippen LogP contribution in [0.15, 0.2) is 34.8 Å². The maximum absolute atomic E-state index is 13.7. The minimum absolute atomic E-state index is 0.0764. The Kier molecular flexibility index (Phi) is 4.57. The van der Waals surface area contributed by atoms with E-state index in [9.17, 15) is 13.6 Å². The minimum atomic E-state index is -0.547. The molecule has 0 spiro atoms. The Labute approximate surface area is 129 Å². The monoisotopic (exact) mass is 354 g/mol. The highest BCUT2D eigenvalue weighted by Gasteiger charge is 2.09. The van der Waals surface area contributed by atoms with Crippen molar-refractivity contribution < 1.29 is 13.6 Å². The second-order valence-electron chi connectivity index (χ2n) is 4.61. The first-order chi connectivity index (χ1) is 9.88. The standard InChI is InChI=1S/C15H13BrF2N2O/c1-8-4-9(15(19)21)2-3-10(8)7-20-14-6-12(17)11(16)5-13(14)18/h2-6,20H,7H2,1H3,(H2,19,21). The van der Waals surface area contributed by atoms with Crippen LogP contribution in [0.25, 0.3) is 0 Å². The number of rotatable bonds is 4. The van der Waals surface area contributed by atoms with Crippen molar-refractivity contribution in [1.82, 2.24) is 0 Å². The maximum Gasteiger partial charge on any atom is 0.248 e. The highest BCUT2D eigenvalue weighted by atomic mass is 79.9. The van der Waals surface area contributed by atoms with Gasteiger partial charge >= 0.3 is 0 Å². The highest BCUT2D eigenvalue weighted by Crippen LogP contribution is 2.24. The molecule has 21 heavy (non-hydrogen) atoms. The van der Waals surface area contributed by atoms with Gasteiger partial charge in [-0.25, -0.2) is 8.78 Å². The molecule has 0 aromatic heterocycles. The third-order valence-electron chi connectivity index (χ3n) is 3.11. The number of aryl methyl sites for hydroxylation is 1. The molecule has 0 radical (unpaired) electrons. The van der Waals surface area contributed by atoms with Gasteiger partial charge in [0.2, 0.25) is 5.91 Å². The molecule has 3 nitrogen and oxygen atoms in total. The Morgan fingerprint density at radius 2 is 1.95 bits per heavy atom. The molecule has 0 unspecified atom stereocenters. The number of carbonyl (C=O) groups excluding carboxylic acids is 1. The summed E-state index contributed by atoms with van der Waals surface area (Å²) >= 11 is 2.92. The van der Waals surface area contributed by atoms with Gasteiger partial charge in [-0.15, -0.1) is 0 Å². The van der Waals surface area contributed by atoms with Gasteiger partial charge in [0, 0.05) is 18.2 Å². The summed E-state index contributed by atoms with van der Waals surface area (Å²) in [6.07, 6.45) is 0. The van der Waals surface area contributed by atoms with Gasteiger partial charge in [0.05, 0.1) is 10.2 Å². The fourth-order valence-electron chi connectivity index (χ4n) is 1.90. The molecule has 0 atom stereocenters. The lowest BCUT2D eigenvalue weighted by molar-refractivity contribution is 0.1000. The predicted octanol–water partition coefficient (Wildman–Crippen LogP) is 3.75. The van der Waals surface area contributed by atoms with Crippen LogP contribution in [0, 0.1) is 18.6 Å². The van der Waals surface area contributed by atoms with Crippen molar-refractivity contribution in [3.05, 3.63) is 63.1 Å². The van der Waals surface area contributed by atoms with Crippen molar-refractivity contribution in [3.8, 4) is 0 Å². The van der Waals surface area contributed by atoms with E-state index < -0.39 is 17.5 Å². The summed E-state index contributed by atoms with van der Waals surface area (Å²) in [5.74, 6) is -1.59. The zero-order chi connectivity index (χ0) is 15.6. The van der Waals surface area contributed by atoms with Gasteiger partial charge in [-0.05, 0) is 52.2 Å². The number of halogens is 3. The molecular weight excluding hydrogens is 342 g/mol. The van der Waals surface area contributed by atoms with E-state index in [1.165, 1.54) is 0 Å². The molecule has 0 heterocycles. The number of amides is 1. The van der Waals surface area contributed by atoms with Crippen LogP contribution in [0.2, 0.25) is 0 Å². The molecule has 0 aliphatic carbocycles. The van der Waals surface area contributed by atoms with E-state index in [1.807, 2.05) is 6.92 Å². The lowest BCUT2D eigenvalue weighted by Crippen LogP contribution is -2.12. The number of hydrogen-bond acceptors (Lipinski definition) is 2. The van der Waals surface area contributed by atoms with Crippen LogP contribution >= 0.6 is 15.9 Å². The summed E-state index contributed by atoms with van der Waals surface area (Å²) in [6, 6.07) is 7.16. The number of anilines is 1. The van der Waals surface area contributed by atoms with Crippen molar-refractivity contribution in [2.75, 3.05) is 5.32 Å². The molecule has 0 fully saturated rings. The largest absolute Gasteiger partial charge is 0.379 e. The number of carbonyl (C=O) groups is 1. The molecule has 0 aliphatic heterocycles. The summed E-state index contributed by atoms with van der Waals surface area (Å²) in [4.78, 5) is 11.1. The van der Waals surface area contributed by atoms with Crippen molar-refractivity contribution in [2.45, 2.75) is 13.5 Å². The summed E-state index contributed by atoms with van der Waals surface area (Å²) in [7, 11) is 0. The average Bonchev–Trinajstić information content (AvgIpc) is 2.42. The Hall–Kier alpha value is -1.95. The van der Waals surface area contributed by atoms with Gasteiger partial charge < -0.3 is 11.1 Å². The first-order valence-corrected chi connectivity index (χ1v) is 6.95. The van der Waals surface area contributed by atoms with Crippen LogP contribution in [0.3, 0.4) is 0 Å². The third kappa shape index (κ3) is 3.58. The molecule has 2 aromatic rings. The van der Waals surface area contributed by atoms with Crippen LogP contribution in [-0.4, -0.2) is 5.91 Å². The van der Waals surface area contributed by atoms with Crippen LogP contribution < -0.4 is 11.1 Å². The first kappa shape index (κ1) is 15.4. The second kappa shape index (κ2) is 6.22. The van der Waals surface area contributed by atoms with E-state index in [0.717, 1.165) is 23.3 Å².